The van der Waals surface area contributed by atoms with Crippen LogP contribution in [-0.4, -0.2) is 25.2 Å². The Kier molecular flexibility index (Phi) is 6.07. The van der Waals surface area contributed by atoms with Crippen molar-refractivity contribution in [1.82, 2.24) is 15.8 Å². The molecule has 2 aromatic carbocycles. The topological polar surface area (TPSA) is 117 Å². The van der Waals surface area contributed by atoms with E-state index in [1.807, 2.05) is 0 Å². The average molecular weight is 428 g/mol. The fourth-order valence-corrected chi connectivity index (χ4v) is 3.61. The number of para-hydroxylation sites is 1. The third-order valence-corrected chi connectivity index (χ3v) is 5.48. The maximum Gasteiger partial charge on any atom is 0.270 e. The van der Waals surface area contributed by atoms with Crippen molar-refractivity contribution in [3.63, 3.8) is 0 Å². The van der Waals surface area contributed by atoms with E-state index in [9.17, 15) is 22.4 Å². The maximum absolute atomic E-state index is 13.8. The summed E-state index contributed by atoms with van der Waals surface area (Å²) in [6, 6.07) is 12.1. The number of aromatic nitrogens is 1. The highest BCUT2D eigenvalue weighted by atomic mass is 32.2. The molecule has 0 atom stereocenters. The van der Waals surface area contributed by atoms with E-state index in [4.69, 9.17) is 0 Å². The molecule has 0 aliphatic rings. The number of pyridine rings is 1. The quantitative estimate of drug-likeness (QED) is 0.540. The summed E-state index contributed by atoms with van der Waals surface area (Å²) in [7, 11) is -4.15. The fourth-order valence-electron chi connectivity index (χ4n) is 2.52. The first-order valence-electron chi connectivity index (χ1n) is 8.66. The second-order valence-electron chi connectivity index (χ2n) is 6.21. The molecule has 3 aromatic rings. The van der Waals surface area contributed by atoms with Crippen molar-refractivity contribution < 1.29 is 22.4 Å². The lowest BCUT2D eigenvalue weighted by atomic mass is 10.1. The Balaban J connectivity index is 1.78. The largest absolute Gasteiger partial charge is 0.277 e. The molecule has 0 spiro atoms. The number of sulfonamides is 1. The predicted molar refractivity (Wildman–Crippen MR) is 108 cm³/mol. The smallest absolute Gasteiger partial charge is 0.270 e. The van der Waals surface area contributed by atoms with Gasteiger partial charge in [-0.1, -0.05) is 18.2 Å². The molecular weight excluding hydrogens is 411 g/mol. The first kappa shape index (κ1) is 20.9. The van der Waals surface area contributed by atoms with E-state index in [0.29, 0.717) is 5.56 Å². The number of hydrazine groups is 1. The van der Waals surface area contributed by atoms with E-state index < -0.39 is 27.7 Å². The Bertz CT molecular complexity index is 1200. The van der Waals surface area contributed by atoms with Crippen LogP contribution < -0.4 is 15.6 Å². The molecular formula is C20H17FN4O4S. The lowest BCUT2D eigenvalue weighted by molar-refractivity contribution is 0.0846. The minimum Gasteiger partial charge on any atom is -0.277 e. The Hall–Kier alpha value is -3.79. The second kappa shape index (κ2) is 8.70. The molecule has 0 aliphatic heterocycles. The van der Waals surface area contributed by atoms with Crippen molar-refractivity contribution in [2.24, 2.45) is 0 Å². The average Bonchev–Trinajstić information content (AvgIpc) is 2.74. The number of carbonyl (C=O) groups excluding carboxylic acids is 2. The SMILES string of the molecule is Cc1ccc(S(=O)(=O)Nc2ccccc2F)cc1C(=O)NNC(=O)c1ccncc1. The highest BCUT2D eigenvalue weighted by molar-refractivity contribution is 7.92. The molecule has 154 valence electrons. The summed E-state index contributed by atoms with van der Waals surface area (Å²) in [6.45, 7) is 1.61. The summed E-state index contributed by atoms with van der Waals surface area (Å²) in [6.07, 6.45) is 2.86. The Morgan fingerprint density at radius 1 is 0.933 bits per heavy atom. The molecule has 0 fully saturated rings. The number of halogens is 1. The zero-order valence-electron chi connectivity index (χ0n) is 15.7. The van der Waals surface area contributed by atoms with Crippen molar-refractivity contribution >= 4 is 27.5 Å². The number of anilines is 1. The van der Waals surface area contributed by atoms with Crippen molar-refractivity contribution in [2.75, 3.05) is 4.72 Å². The molecule has 8 nitrogen and oxygen atoms in total. The first-order valence-corrected chi connectivity index (χ1v) is 10.1. The van der Waals surface area contributed by atoms with E-state index in [2.05, 4.69) is 20.6 Å². The van der Waals surface area contributed by atoms with Crippen LogP contribution in [0.5, 0.6) is 0 Å². The number of amides is 2. The van der Waals surface area contributed by atoms with E-state index in [1.165, 1.54) is 54.9 Å². The van der Waals surface area contributed by atoms with E-state index in [1.54, 1.807) is 6.92 Å². The number of hydrogen-bond donors (Lipinski definition) is 3. The maximum atomic E-state index is 13.8. The molecule has 0 saturated heterocycles. The van der Waals surface area contributed by atoms with E-state index >= 15 is 0 Å². The lowest BCUT2D eigenvalue weighted by Crippen LogP contribution is -2.41. The van der Waals surface area contributed by atoms with Gasteiger partial charge in [0.15, 0.2) is 0 Å². The van der Waals surface area contributed by atoms with Crippen molar-refractivity contribution in [3.05, 3.63) is 89.5 Å². The number of benzene rings is 2. The fraction of sp³-hybridized carbons (Fsp3) is 0.0500. The van der Waals surface area contributed by atoms with Gasteiger partial charge in [0, 0.05) is 23.5 Å². The van der Waals surface area contributed by atoms with Gasteiger partial charge in [-0.2, -0.15) is 0 Å². The molecule has 1 aromatic heterocycles. The number of nitrogens with zero attached hydrogens (tertiary/aromatic N) is 1. The van der Waals surface area contributed by atoms with Gasteiger partial charge in [-0.3, -0.25) is 30.1 Å². The minimum atomic E-state index is -4.15. The Morgan fingerprint density at radius 3 is 2.30 bits per heavy atom. The van der Waals surface area contributed by atoms with Crippen LogP contribution in [-0.2, 0) is 10.0 Å². The van der Waals surface area contributed by atoms with Gasteiger partial charge in [-0.15, -0.1) is 0 Å². The molecule has 0 aliphatic carbocycles. The second-order valence-corrected chi connectivity index (χ2v) is 7.89. The Morgan fingerprint density at radius 2 is 1.60 bits per heavy atom. The van der Waals surface area contributed by atoms with Gasteiger partial charge in [0.2, 0.25) is 0 Å². The number of nitrogens with one attached hydrogen (secondary N) is 3. The first-order chi connectivity index (χ1) is 14.3. The van der Waals surface area contributed by atoms with Crippen LogP contribution in [0.25, 0.3) is 0 Å². The molecule has 0 bridgehead atoms. The summed E-state index contributed by atoms with van der Waals surface area (Å²) >= 11 is 0. The van der Waals surface area contributed by atoms with Crippen LogP contribution in [0.2, 0.25) is 0 Å². The normalized spacial score (nSPS) is 10.9. The van der Waals surface area contributed by atoms with E-state index in [-0.39, 0.29) is 21.7 Å². The van der Waals surface area contributed by atoms with Gasteiger partial charge in [-0.25, -0.2) is 12.8 Å². The molecule has 2 amide bonds. The lowest BCUT2D eigenvalue weighted by Gasteiger charge is -2.12. The third kappa shape index (κ3) is 4.78. The molecule has 10 heteroatoms. The van der Waals surface area contributed by atoms with Crippen molar-refractivity contribution in [1.29, 1.82) is 0 Å². The van der Waals surface area contributed by atoms with Gasteiger partial charge < -0.3 is 0 Å². The van der Waals surface area contributed by atoms with Gasteiger partial charge >= 0.3 is 0 Å². The number of carbonyl (C=O) groups is 2. The summed E-state index contributed by atoms with van der Waals surface area (Å²) in [5, 5.41) is 0. The highest BCUT2D eigenvalue weighted by Crippen LogP contribution is 2.21. The summed E-state index contributed by atoms with van der Waals surface area (Å²) in [4.78, 5) is 28.1. The summed E-state index contributed by atoms with van der Waals surface area (Å²) in [5.74, 6) is -2.00. The summed E-state index contributed by atoms with van der Waals surface area (Å²) < 4.78 is 41.1. The molecule has 3 N–H and O–H groups in total. The van der Waals surface area contributed by atoms with Crippen LogP contribution in [0, 0.1) is 12.7 Å². The molecule has 0 radical (unpaired) electrons. The number of hydrogen-bond acceptors (Lipinski definition) is 5. The van der Waals surface area contributed by atoms with Crippen LogP contribution in [0.3, 0.4) is 0 Å². The van der Waals surface area contributed by atoms with Crippen molar-refractivity contribution in [2.45, 2.75) is 11.8 Å². The Labute approximate surface area is 172 Å². The zero-order valence-corrected chi connectivity index (χ0v) is 16.5. The van der Waals surface area contributed by atoms with Crippen LogP contribution in [0.15, 0.2) is 71.9 Å². The van der Waals surface area contributed by atoms with Gasteiger partial charge in [0.1, 0.15) is 5.82 Å². The standard InChI is InChI=1S/C20H17FN4O4S/c1-13-6-7-15(30(28,29)25-18-5-3-2-4-17(18)21)12-16(13)20(27)24-23-19(26)14-8-10-22-11-9-14/h2-12,25H,1H3,(H,23,26)(H,24,27). The minimum absolute atomic E-state index is 0.0291. The van der Waals surface area contributed by atoms with Crippen LogP contribution in [0.1, 0.15) is 26.3 Å². The molecule has 1 heterocycles. The van der Waals surface area contributed by atoms with E-state index in [0.717, 1.165) is 12.1 Å². The van der Waals surface area contributed by atoms with Crippen LogP contribution >= 0.6 is 0 Å². The van der Waals surface area contributed by atoms with Gasteiger partial charge in [0.25, 0.3) is 21.8 Å². The number of aryl methyl sites for hydroxylation is 1. The summed E-state index contributed by atoms with van der Waals surface area (Å²) in [5.41, 5.74) is 5.07. The molecule has 0 saturated carbocycles. The highest BCUT2D eigenvalue weighted by Gasteiger charge is 2.20. The van der Waals surface area contributed by atoms with Crippen LogP contribution in [0.4, 0.5) is 10.1 Å². The van der Waals surface area contributed by atoms with Gasteiger partial charge in [0.05, 0.1) is 10.6 Å². The molecule has 3 rings (SSSR count). The zero-order chi connectivity index (χ0) is 21.7. The molecule has 0 unspecified atom stereocenters. The van der Waals surface area contributed by atoms with Gasteiger partial charge in [-0.05, 0) is 48.9 Å². The number of rotatable bonds is 5. The van der Waals surface area contributed by atoms with Crippen molar-refractivity contribution in [3.8, 4) is 0 Å². The predicted octanol–water partition coefficient (Wildman–Crippen LogP) is 2.40. The molecule has 30 heavy (non-hydrogen) atoms. The monoisotopic (exact) mass is 428 g/mol. The third-order valence-electron chi connectivity index (χ3n) is 4.11.